The number of carbonyl (C=O) groups excluding carboxylic acids is 1. The van der Waals surface area contributed by atoms with Crippen molar-refractivity contribution in [1.82, 2.24) is 5.32 Å². The Bertz CT molecular complexity index is 358. The van der Waals surface area contributed by atoms with Gasteiger partial charge in [0, 0.05) is 0 Å². The van der Waals surface area contributed by atoms with Crippen LogP contribution in [0, 0.1) is 0 Å². The van der Waals surface area contributed by atoms with Crippen LogP contribution in [0.2, 0.25) is 0 Å². The highest BCUT2D eigenvalue weighted by molar-refractivity contribution is 5.58. The molecule has 0 unspecified atom stereocenters. The average Bonchev–Trinajstić information content (AvgIpc) is 2.51. The van der Waals surface area contributed by atoms with Crippen molar-refractivity contribution in [1.29, 1.82) is 0 Å². The van der Waals surface area contributed by atoms with Crippen molar-refractivity contribution in [2.24, 2.45) is 0 Å². The van der Waals surface area contributed by atoms with Crippen LogP contribution in [0.15, 0.2) is 24.3 Å². The highest BCUT2D eigenvalue weighted by atomic mass is 16.1. The third kappa shape index (κ3) is 9.28. The van der Waals surface area contributed by atoms with Crippen molar-refractivity contribution in [3.8, 4) is 0 Å². The molecule has 0 bridgehead atoms. The van der Waals surface area contributed by atoms with Gasteiger partial charge in [-0.25, -0.2) is 5.32 Å². The predicted octanol–water partition coefficient (Wildman–Crippen LogP) is 5.54. The first-order valence-electron chi connectivity index (χ1n) is 8.60. The first-order chi connectivity index (χ1) is 10.4. The van der Waals surface area contributed by atoms with E-state index < -0.39 is 0 Å². The Morgan fingerprint density at radius 1 is 0.810 bits per heavy atom. The third-order valence-electron chi connectivity index (χ3n) is 3.96. The molecule has 0 atom stereocenters. The molecule has 1 aromatic carbocycles. The molecule has 0 spiro atoms. The monoisotopic (exact) mass is 288 g/mol. The molecule has 0 aliphatic carbocycles. The van der Waals surface area contributed by atoms with Crippen LogP contribution >= 0.6 is 0 Å². The van der Waals surface area contributed by atoms with Crippen LogP contribution in [-0.4, -0.2) is 6.41 Å². The minimum Gasteiger partial charge on any atom is -0.276 e. The largest absolute Gasteiger partial charge is 0.276 e. The first kappa shape index (κ1) is 17.7. The minimum absolute atomic E-state index is 0.595. The Morgan fingerprint density at radius 3 is 1.86 bits per heavy atom. The molecule has 0 aromatic heterocycles. The van der Waals surface area contributed by atoms with Gasteiger partial charge in [-0.3, -0.25) is 4.79 Å². The summed E-state index contributed by atoms with van der Waals surface area (Å²) in [5, 5.41) is 3.72. The lowest BCUT2D eigenvalue weighted by Crippen LogP contribution is -1.92. The summed E-state index contributed by atoms with van der Waals surface area (Å²) in [7, 11) is 0. The van der Waals surface area contributed by atoms with Crippen molar-refractivity contribution in [2.75, 3.05) is 0 Å². The van der Waals surface area contributed by atoms with E-state index in [4.69, 9.17) is 0 Å². The molecule has 0 N–H and O–H groups in total. The molecular formula is C19H30NO. The number of amides is 1. The molecule has 0 aliphatic heterocycles. The van der Waals surface area contributed by atoms with Crippen molar-refractivity contribution >= 4 is 12.1 Å². The fraction of sp³-hybridized carbons (Fsp3) is 0.632. The van der Waals surface area contributed by atoms with E-state index in [1.165, 1.54) is 69.8 Å². The van der Waals surface area contributed by atoms with Gasteiger partial charge < -0.3 is 0 Å². The van der Waals surface area contributed by atoms with E-state index in [0.717, 1.165) is 12.1 Å². The average molecular weight is 288 g/mol. The Labute approximate surface area is 130 Å². The van der Waals surface area contributed by atoms with Crippen LogP contribution in [0.3, 0.4) is 0 Å². The van der Waals surface area contributed by atoms with Crippen LogP contribution < -0.4 is 5.32 Å². The lowest BCUT2D eigenvalue weighted by Gasteiger charge is -2.04. The zero-order valence-electron chi connectivity index (χ0n) is 13.5. The molecule has 2 nitrogen and oxygen atoms in total. The number of nitrogens with zero attached hydrogens (tertiary/aromatic N) is 1. The predicted molar refractivity (Wildman–Crippen MR) is 89.8 cm³/mol. The molecule has 21 heavy (non-hydrogen) atoms. The summed E-state index contributed by atoms with van der Waals surface area (Å²) in [5.74, 6) is 0. The van der Waals surface area contributed by atoms with Gasteiger partial charge >= 0.3 is 0 Å². The van der Waals surface area contributed by atoms with Gasteiger partial charge in [-0.2, -0.15) is 0 Å². The van der Waals surface area contributed by atoms with Crippen molar-refractivity contribution in [3.05, 3.63) is 29.8 Å². The first-order valence-corrected chi connectivity index (χ1v) is 8.60. The number of carbonyl (C=O) groups is 1. The van der Waals surface area contributed by atoms with Crippen molar-refractivity contribution in [3.63, 3.8) is 0 Å². The van der Waals surface area contributed by atoms with E-state index in [9.17, 15) is 4.79 Å². The number of hydrogen-bond acceptors (Lipinski definition) is 1. The van der Waals surface area contributed by atoms with Gasteiger partial charge in [0.2, 0.25) is 6.41 Å². The molecule has 2 heteroatoms. The van der Waals surface area contributed by atoms with Gasteiger partial charge in [-0.15, -0.1) is 0 Å². The SMILES string of the molecule is CCCCCCCCCCCCc1ccc([N]C=O)cc1. The summed E-state index contributed by atoms with van der Waals surface area (Å²) in [6, 6.07) is 7.99. The van der Waals surface area contributed by atoms with Gasteiger partial charge in [0.25, 0.3) is 0 Å². The minimum atomic E-state index is 0.595. The molecule has 0 fully saturated rings. The number of unbranched alkanes of at least 4 members (excludes halogenated alkanes) is 9. The molecule has 1 radical (unpaired) electrons. The maximum atomic E-state index is 10.3. The Morgan fingerprint density at radius 2 is 1.33 bits per heavy atom. The molecule has 0 saturated carbocycles. The van der Waals surface area contributed by atoms with E-state index in [1.807, 2.05) is 12.1 Å². The van der Waals surface area contributed by atoms with Crippen LogP contribution in [0.5, 0.6) is 0 Å². The highest BCUT2D eigenvalue weighted by Gasteiger charge is 1.96. The zero-order chi connectivity index (χ0) is 15.2. The number of aryl methyl sites for hydroxylation is 1. The molecule has 1 aromatic rings. The Kier molecular flexibility index (Phi) is 10.5. The standard InChI is InChI=1S/C19H30NO/c1-2-3-4-5-6-7-8-9-10-11-12-18-13-15-19(16-14-18)20-17-21/h13-17H,2-12H2,1H3. The lowest BCUT2D eigenvalue weighted by molar-refractivity contribution is -0.108. The summed E-state index contributed by atoms with van der Waals surface area (Å²) < 4.78 is 0. The second-order valence-corrected chi connectivity index (χ2v) is 5.83. The Balaban J connectivity index is 1.95. The second-order valence-electron chi connectivity index (χ2n) is 5.83. The number of benzene rings is 1. The van der Waals surface area contributed by atoms with Crippen molar-refractivity contribution < 1.29 is 4.79 Å². The smallest absolute Gasteiger partial charge is 0.233 e. The molecule has 0 aliphatic rings. The molecule has 117 valence electrons. The maximum absolute atomic E-state index is 10.3. The zero-order valence-corrected chi connectivity index (χ0v) is 13.5. The van der Waals surface area contributed by atoms with Crippen LogP contribution in [0.1, 0.15) is 76.7 Å². The summed E-state index contributed by atoms with van der Waals surface area (Å²) >= 11 is 0. The molecule has 0 saturated heterocycles. The van der Waals surface area contributed by atoms with E-state index in [-0.39, 0.29) is 0 Å². The fourth-order valence-electron chi connectivity index (χ4n) is 2.63. The molecule has 1 rings (SSSR count). The number of rotatable bonds is 13. The molecular weight excluding hydrogens is 258 g/mol. The third-order valence-corrected chi connectivity index (χ3v) is 3.96. The van der Waals surface area contributed by atoms with E-state index >= 15 is 0 Å². The van der Waals surface area contributed by atoms with E-state index in [1.54, 1.807) is 0 Å². The van der Waals surface area contributed by atoms with Gasteiger partial charge in [-0.1, -0.05) is 76.8 Å². The van der Waals surface area contributed by atoms with Crippen molar-refractivity contribution in [2.45, 2.75) is 77.6 Å². The molecule has 1 amide bonds. The second kappa shape index (κ2) is 12.4. The fourth-order valence-corrected chi connectivity index (χ4v) is 2.63. The summed E-state index contributed by atoms with van der Waals surface area (Å²) in [6.07, 6.45) is 15.5. The lowest BCUT2D eigenvalue weighted by atomic mass is 10.0. The molecule has 0 heterocycles. The van der Waals surface area contributed by atoms with Gasteiger partial charge in [0.05, 0.1) is 5.69 Å². The quantitative estimate of drug-likeness (QED) is 0.346. The van der Waals surface area contributed by atoms with E-state index in [2.05, 4.69) is 24.4 Å². The highest BCUT2D eigenvalue weighted by Crippen LogP contribution is 2.14. The summed E-state index contributed by atoms with van der Waals surface area (Å²) in [4.78, 5) is 10.3. The van der Waals surface area contributed by atoms with Crippen LogP contribution in [0.25, 0.3) is 0 Å². The van der Waals surface area contributed by atoms with E-state index in [0.29, 0.717) is 6.41 Å². The van der Waals surface area contributed by atoms with Gasteiger partial charge in [-0.05, 0) is 30.5 Å². The Hall–Kier alpha value is -1.31. The maximum Gasteiger partial charge on any atom is 0.233 e. The van der Waals surface area contributed by atoms with Gasteiger partial charge in [0.15, 0.2) is 0 Å². The summed E-state index contributed by atoms with van der Waals surface area (Å²) in [6.45, 7) is 2.27. The summed E-state index contributed by atoms with van der Waals surface area (Å²) in [5.41, 5.74) is 2.09. The number of hydrogen-bond donors (Lipinski definition) is 0. The van der Waals surface area contributed by atoms with Gasteiger partial charge in [0.1, 0.15) is 0 Å². The normalized spacial score (nSPS) is 10.5. The van der Waals surface area contributed by atoms with Crippen LogP contribution in [0.4, 0.5) is 5.69 Å². The topological polar surface area (TPSA) is 31.2 Å². The van der Waals surface area contributed by atoms with Crippen LogP contribution in [-0.2, 0) is 11.2 Å².